The largest absolute Gasteiger partial charge is 0.280 e. The highest BCUT2D eigenvalue weighted by molar-refractivity contribution is 7.93. The highest BCUT2D eigenvalue weighted by Gasteiger charge is 2.28. The van der Waals surface area contributed by atoms with Crippen LogP contribution < -0.4 is 9.44 Å². The van der Waals surface area contributed by atoms with Crippen LogP contribution in [0, 0.1) is 0 Å². The third-order valence-corrected chi connectivity index (χ3v) is 7.57. The van der Waals surface area contributed by atoms with Crippen molar-refractivity contribution in [1.82, 2.24) is 4.72 Å². The Hall–Kier alpha value is -1.90. The van der Waals surface area contributed by atoms with Crippen molar-refractivity contribution in [3.63, 3.8) is 0 Å². The fraction of sp³-hybridized carbons (Fsp3) is 0.333. The molecule has 0 heterocycles. The van der Waals surface area contributed by atoms with Gasteiger partial charge in [-0.05, 0) is 73.6 Å². The lowest BCUT2D eigenvalue weighted by Gasteiger charge is -2.11. The number of benzene rings is 2. The maximum Gasteiger partial charge on any atom is 0.261 e. The zero-order valence-corrected chi connectivity index (χ0v) is 15.7. The SMILES string of the molecule is O=S(=O)(Nc1ccc2c(c1)CCC2)c1cccc(S(=O)(=O)NC2CC2)c1. The fourth-order valence-electron chi connectivity index (χ4n) is 3.15. The standard InChI is InChI=1S/C18H20N2O4S2/c21-25(22,19-15-9-10-15)17-5-2-6-18(12-17)26(23,24)20-16-8-7-13-3-1-4-14(13)11-16/h2,5-8,11-12,15,19-20H,1,3-4,9-10H2. The van der Waals surface area contributed by atoms with Gasteiger partial charge in [-0.3, -0.25) is 4.72 Å². The van der Waals surface area contributed by atoms with Gasteiger partial charge in [0.15, 0.2) is 0 Å². The minimum absolute atomic E-state index is 0.0372. The molecule has 0 aliphatic heterocycles. The van der Waals surface area contributed by atoms with Crippen LogP contribution in [0.15, 0.2) is 52.3 Å². The second kappa shape index (κ2) is 6.37. The monoisotopic (exact) mass is 392 g/mol. The van der Waals surface area contributed by atoms with Gasteiger partial charge >= 0.3 is 0 Å². The van der Waals surface area contributed by atoms with Crippen molar-refractivity contribution < 1.29 is 16.8 Å². The number of sulfonamides is 2. The topological polar surface area (TPSA) is 92.3 Å². The summed E-state index contributed by atoms with van der Waals surface area (Å²) in [6.45, 7) is 0. The quantitative estimate of drug-likeness (QED) is 0.790. The van der Waals surface area contributed by atoms with E-state index in [9.17, 15) is 16.8 Å². The predicted molar refractivity (Wildman–Crippen MR) is 99.1 cm³/mol. The van der Waals surface area contributed by atoms with Gasteiger partial charge in [-0.2, -0.15) is 0 Å². The molecule has 0 bridgehead atoms. The molecule has 26 heavy (non-hydrogen) atoms. The summed E-state index contributed by atoms with van der Waals surface area (Å²) >= 11 is 0. The summed E-state index contributed by atoms with van der Waals surface area (Å²) in [4.78, 5) is -0.113. The van der Waals surface area contributed by atoms with E-state index in [2.05, 4.69) is 9.44 Å². The van der Waals surface area contributed by atoms with E-state index in [4.69, 9.17) is 0 Å². The first-order valence-corrected chi connectivity index (χ1v) is 11.6. The molecule has 2 N–H and O–H groups in total. The van der Waals surface area contributed by atoms with Crippen molar-refractivity contribution in [1.29, 1.82) is 0 Å². The van der Waals surface area contributed by atoms with Crippen LogP contribution in [-0.2, 0) is 32.9 Å². The van der Waals surface area contributed by atoms with Gasteiger partial charge in [0.2, 0.25) is 10.0 Å². The number of fused-ring (bicyclic) bond motifs is 1. The summed E-state index contributed by atoms with van der Waals surface area (Å²) in [5.74, 6) is 0. The molecule has 0 spiro atoms. The molecule has 0 saturated heterocycles. The second-order valence-corrected chi connectivity index (χ2v) is 10.2. The average molecular weight is 393 g/mol. The van der Waals surface area contributed by atoms with E-state index in [1.165, 1.54) is 29.8 Å². The van der Waals surface area contributed by atoms with Gasteiger partial charge in [-0.25, -0.2) is 21.6 Å². The van der Waals surface area contributed by atoms with E-state index in [-0.39, 0.29) is 15.8 Å². The van der Waals surface area contributed by atoms with Crippen molar-refractivity contribution in [3.05, 3.63) is 53.6 Å². The van der Waals surface area contributed by atoms with Gasteiger partial charge in [-0.15, -0.1) is 0 Å². The Kier molecular flexibility index (Phi) is 4.29. The van der Waals surface area contributed by atoms with E-state index < -0.39 is 20.0 Å². The van der Waals surface area contributed by atoms with Crippen LogP contribution in [0.5, 0.6) is 0 Å². The molecule has 0 radical (unpaired) electrons. The number of hydrogen-bond acceptors (Lipinski definition) is 4. The Morgan fingerprint density at radius 3 is 2.23 bits per heavy atom. The molecule has 6 nitrogen and oxygen atoms in total. The number of rotatable bonds is 6. The first-order chi connectivity index (χ1) is 12.3. The second-order valence-electron chi connectivity index (χ2n) is 6.81. The maximum absolute atomic E-state index is 12.7. The molecule has 1 fully saturated rings. The molecule has 4 rings (SSSR count). The number of hydrogen-bond donors (Lipinski definition) is 2. The molecule has 2 aromatic rings. The highest BCUT2D eigenvalue weighted by Crippen LogP contribution is 2.27. The molecular formula is C18H20N2O4S2. The molecule has 8 heteroatoms. The molecule has 2 aliphatic rings. The van der Waals surface area contributed by atoms with Gasteiger partial charge in [0.25, 0.3) is 10.0 Å². The number of nitrogens with one attached hydrogen (secondary N) is 2. The Labute approximate surface area is 153 Å². The zero-order chi connectivity index (χ0) is 18.4. The van der Waals surface area contributed by atoms with Crippen molar-refractivity contribution in [2.45, 2.75) is 47.9 Å². The van der Waals surface area contributed by atoms with Crippen molar-refractivity contribution >= 4 is 25.7 Å². The minimum Gasteiger partial charge on any atom is -0.280 e. The summed E-state index contributed by atoms with van der Waals surface area (Å²) in [6, 6.07) is 10.9. The number of aryl methyl sites for hydroxylation is 2. The highest BCUT2D eigenvalue weighted by atomic mass is 32.2. The molecule has 0 aromatic heterocycles. The predicted octanol–water partition coefficient (Wildman–Crippen LogP) is 2.42. The van der Waals surface area contributed by atoms with Gasteiger partial charge in [0, 0.05) is 11.7 Å². The lowest BCUT2D eigenvalue weighted by atomic mass is 10.1. The smallest absolute Gasteiger partial charge is 0.261 e. The molecule has 2 aliphatic carbocycles. The van der Waals surface area contributed by atoms with Crippen LogP contribution in [-0.4, -0.2) is 22.9 Å². The lowest BCUT2D eigenvalue weighted by molar-refractivity contribution is 0.580. The van der Waals surface area contributed by atoms with Gasteiger partial charge in [0.1, 0.15) is 0 Å². The van der Waals surface area contributed by atoms with Crippen molar-refractivity contribution in [2.24, 2.45) is 0 Å². The van der Waals surface area contributed by atoms with E-state index in [0.29, 0.717) is 5.69 Å². The molecule has 0 unspecified atom stereocenters. The summed E-state index contributed by atoms with van der Waals surface area (Å²) < 4.78 is 55.1. The zero-order valence-electron chi connectivity index (χ0n) is 14.1. The Morgan fingerprint density at radius 2 is 1.50 bits per heavy atom. The molecule has 2 aromatic carbocycles. The normalized spacial score (nSPS) is 17.1. The van der Waals surface area contributed by atoms with Crippen LogP contribution in [0.3, 0.4) is 0 Å². The summed E-state index contributed by atoms with van der Waals surface area (Å²) in [7, 11) is -7.57. The molecular weight excluding hydrogens is 372 g/mol. The first-order valence-electron chi connectivity index (χ1n) is 8.60. The van der Waals surface area contributed by atoms with Gasteiger partial charge in [0.05, 0.1) is 9.79 Å². The third kappa shape index (κ3) is 3.62. The van der Waals surface area contributed by atoms with Crippen LogP contribution in [0.2, 0.25) is 0 Å². The van der Waals surface area contributed by atoms with Crippen LogP contribution in [0.1, 0.15) is 30.4 Å². The van der Waals surface area contributed by atoms with Crippen molar-refractivity contribution in [3.8, 4) is 0 Å². The van der Waals surface area contributed by atoms with E-state index in [1.807, 2.05) is 12.1 Å². The summed E-state index contributed by atoms with van der Waals surface area (Å²) in [5, 5.41) is 0. The molecule has 138 valence electrons. The minimum atomic E-state index is -3.87. The Balaban J connectivity index is 1.60. The van der Waals surface area contributed by atoms with Gasteiger partial charge < -0.3 is 0 Å². The Morgan fingerprint density at radius 1 is 0.808 bits per heavy atom. The third-order valence-electron chi connectivity index (χ3n) is 4.68. The number of anilines is 1. The van der Waals surface area contributed by atoms with Crippen LogP contribution in [0.4, 0.5) is 5.69 Å². The Bertz CT molecular complexity index is 1060. The van der Waals surface area contributed by atoms with Gasteiger partial charge in [-0.1, -0.05) is 12.1 Å². The van der Waals surface area contributed by atoms with E-state index >= 15 is 0 Å². The van der Waals surface area contributed by atoms with E-state index in [0.717, 1.165) is 37.7 Å². The van der Waals surface area contributed by atoms with Crippen LogP contribution >= 0.6 is 0 Å². The average Bonchev–Trinajstić information content (AvgIpc) is 3.27. The lowest BCUT2D eigenvalue weighted by Crippen LogP contribution is -2.26. The van der Waals surface area contributed by atoms with E-state index in [1.54, 1.807) is 6.07 Å². The fourth-order valence-corrected chi connectivity index (χ4v) is 5.67. The summed E-state index contributed by atoms with van der Waals surface area (Å²) in [5.41, 5.74) is 2.91. The molecule has 0 atom stereocenters. The molecule has 0 amide bonds. The van der Waals surface area contributed by atoms with Crippen LogP contribution in [0.25, 0.3) is 0 Å². The first kappa shape index (κ1) is 17.5. The van der Waals surface area contributed by atoms with Crippen molar-refractivity contribution in [2.75, 3.05) is 4.72 Å². The summed E-state index contributed by atoms with van der Waals surface area (Å²) in [6.07, 6.45) is 4.69. The maximum atomic E-state index is 12.7. The molecule has 1 saturated carbocycles.